The van der Waals surface area contributed by atoms with Crippen molar-refractivity contribution in [3.63, 3.8) is 0 Å². The second-order valence-electron chi connectivity index (χ2n) is 10.2. The van der Waals surface area contributed by atoms with Crippen molar-refractivity contribution in [2.24, 2.45) is 0 Å². The lowest BCUT2D eigenvalue weighted by Gasteiger charge is -2.51. The molecule has 0 spiro atoms. The zero-order valence-electron chi connectivity index (χ0n) is 19.7. The van der Waals surface area contributed by atoms with Crippen LogP contribution in [-0.2, 0) is 10.3 Å². The van der Waals surface area contributed by atoms with Gasteiger partial charge in [-0.2, -0.15) is 0 Å². The average molecular weight is 465 g/mol. The first-order valence-corrected chi connectivity index (χ1v) is 11.1. The zero-order chi connectivity index (χ0) is 24.7. The van der Waals surface area contributed by atoms with Gasteiger partial charge < -0.3 is 20.9 Å². The molecule has 178 valence electrons. The average Bonchev–Trinajstić information content (AvgIpc) is 2.71. The molecule has 2 aromatic carbocycles. The van der Waals surface area contributed by atoms with E-state index in [0.29, 0.717) is 11.3 Å². The van der Waals surface area contributed by atoms with Crippen molar-refractivity contribution in [2.45, 2.75) is 57.3 Å². The zero-order valence-corrected chi connectivity index (χ0v) is 19.7. The van der Waals surface area contributed by atoms with Gasteiger partial charge in [-0.15, -0.1) is 10.2 Å². The third-order valence-electron chi connectivity index (χ3n) is 5.73. The number of halogens is 1. The standard InChI is InChI=1S/C26H29FN4O3/c1-24(2,3)29-23(32)34-26(14-25(4,33)15-26)19-11-10-17(12-20(19)27)22-18(13-21(28)30-31-22)16-8-6-5-7-9-16/h5-13,33H,14-15H2,1-4H3,(H2,28,30)(H,29,32). The van der Waals surface area contributed by atoms with Crippen LogP contribution in [0.1, 0.15) is 46.1 Å². The minimum atomic E-state index is -1.27. The predicted molar refractivity (Wildman–Crippen MR) is 128 cm³/mol. The number of amides is 1. The predicted octanol–water partition coefficient (Wildman–Crippen LogP) is 4.80. The van der Waals surface area contributed by atoms with E-state index in [9.17, 15) is 9.90 Å². The lowest BCUT2D eigenvalue weighted by atomic mass is 9.64. The molecule has 4 N–H and O–H groups in total. The number of nitrogens with one attached hydrogen (secondary N) is 1. The van der Waals surface area contributed by atoms with Crippen molar-refractivity contribution in [3.8, 4) is 22.4 Å². The van der Waals surface area contributed by atoms with E-state index in [1.54, 1.807) is 25.1 Å². The number of nitrogens with zero attached hydrogens (tertiary/aromatic N) is 2. The van der Waals surface area contributed by atoms with Crippen LogP contribution >= 0.6 is 0 Å². The first kappa shape index (κ1) is 23.6. The highest BCUT2D eigenvalue weighted by Crippen LogP contribution is 2.52. The van der Waals surface area contributed by atoms with Crippen LogP contribution in [0.4, 0.5) is 15.0 Å². The summed E-state index contributed by atoms with van der Waals surface area (Å²) in [6.45, 7) is 7.11. The van der Waals surface area contributed by atoms with Crippen LogP contribution in [0, 0.1) is 5.82 Å². The van der Waals surface area contributed by atoms with Crippen molar-refractivity contribution >= 4 is 11.9 Å². The van der Waals surface area contributed by atoms with Crippen LogP contribution in [-0.4, -0.2) is 32.5 Å². The Labute approximate surface area is 198 Å². The van der Waals surface area contributed by atoms with Crippen LogP contribution in [0.15, 0.2) is 54.6 Å². The molecule has 0 radical (unpaired) electrons. The van der Waals surface area contributed by atoms with Crippen LogP contribution < -0.4 is 11.1 Å². The number of aliphatic hydroxyl groups is 1. The molecule has 3 aromatic rings. The monoisotopic (exact) mass is 464 g/mol. The first-order chi connectivity index (χ1) is 15.9. The molecule has 1 amide bonds. The van der Waals surface area contributed by atoms with Gasteiger partial charge >= 0.3 is 6.09 Å². The normalized spacial score (nSPS) is 22.1. The van der Waals surface area contributed by atoms with E-state index >= 15 is 4.39 Å². The van der Waals surface area contributed by atoms with E-state index in [2.05, 4.69) is 15.5 Å². The summed E-state index contributed by atoms with van der Waals surface area (Å²) in [5.74, 6) is -0.303. The molecule has 34 heavy (non-hydrogen) atoms. The van der Waals surface area contributed by atoms with Crippen molar-refractivity contribution in [2.75, 3.05) is 5.73 Å². The van der Waals surface area contributed by atoms with E-state index in [1.807, 2.05) is 51.1 Å². The van der Waals surface area contributed by atoms with Crippen LogP contribution in [0.5, 0.6) is 0 Å². The Morgan fingerprint density at radius 3 is 2.35 bits per heavy atom. The number of nitrogen functional groups attached to an aromatic ring is 1. The van der Waals surface area contributed by atoms with Gasteiger partial charge in [0, 0.05) is 35.1 Å². The highest BCUT2D eigenvalue weighted by molar-refractivity contribution is 5.81. The number of carbonyl (C=O) groups excluding carboxylic acids is 1. The van der Waals surface area contributed by atoms with Crippen molar-refractivity contribution in [1.29, 1.82) is 0 Å². The highest BCUT2D eigenvalue weighted by atomic mass is 19.1. The molecule has 1 fully saturated rings. The Morgan fingerprint density at radius 1 is 1.09 bits per heavy atom. The maximum atomic E-state index is 15.5. The van der Waals surface area contributed by atoms with Crippen molar-refractivity contribution in [1.82, 2.24) is 15.5 Å². The second kappa shape index (κ2) is 8.36. The van der Waals surface area contributed by atoms with Crippen LogP contribution in [0.25, 0.3) is 22.4 Å². The third-order valence-corrected chi connectivity index (χ3v) is 5.73. The minimum absolute atomic E-state index is 0.0881. The number of hydrogen-bond acceptors (Lipinski definition) is 6. The fourth-order valence-electron chi connectivity index (χ4n) is 4.49. The SMILES string of the molecule is CC1(O)CC(OC(=O)NC(C)(C)C)(c2ccc(-c3nnc(N)cc3-c3ccccc3)cc2F)C1. The Balaban J connectivity index is 1.72. The summed E-state index contributed by atoms with van der Waals surface area (Å²) >= 11 is 0. The van der Waals surface area contributed by atoms with Crippen LogP contribution in [0.2, 0.25) is 0 Å². The fraction of sp³-hybridized carbons (Fsp3) is 0.346. The van der Waals surface area contributed by atoms with Gasteiger partial charge in [0.2, 0.25) is 0 Å². The maximum absolute atomic E-state index is 15.5. The van der Waals surface area contributed by atoms with E-state index in [0.717, 1.165) is 11.1 Å². The lowest BCUT2D eigenvalue weighted by molar-refractivity contribution is -0.178. The molecule has 1 aliphatic carbocycles. The lowest BCUT2D eigenvalue weighted by Crippen LogP contribution is -2.57. The van der Waals surface area contributed by atoms with E-state index in [1.165, 1.54) is 6.07 Å². The molecule has 4 rings (SSSR count). The molecular weight excluding hydrogens is 435 g/mol. The van der Waals surface area contributed by atoms with Gasteiger partial charge in [-0.05, 0) is 45.4 Å². The number of benzene rings is 2. The maximum Gasteiger partial charge on any atom is 0.408 e. The van der Waals surface area contributed by atoms with E-state index in [-0.39, 0.29) is 24.2 Å². The molecule has 0 saturated heterocycles. The summed E-state index contributed by atoms with van der Waals surface area (Å²) in [5.41, 5.74) is 5.81. The summed E-state index contributed by atoms with van der Waals surface area (Å²) < 4.78 is 21.3. The van der Waals surface area contributed by atoms with Gasteiger partial charge in [-0.3, -0.25) is 0 Å². The first-order valence-electron chi connectivity index (χ1n) is 11.1. The number of aromatic nitrogens is 2. The molecule has 1 aromatic heterocycles. The van der Waals surface area contributed by atoms with Gasteiger partial charge in [0.15, 0.2) is 0 Å². The van der Waals surface area contributed by atoms with Gasteiger partial charge in [-0.1, -0.05) is 42.5 Å². The van der Waals surface area contributed by atoms with Gasteiger partial charge in [0.1, 0.15) is 22.9 Å². The number of anilines is 1. The molecule has 1 saturated carbocycles. The Bertz CT molecular complexity index is 1210. The Hall–Kier alpha value is -3.52. The number of carbonyl (C=O) groups is 1. The molecule has 7 nitrogen and oxygen atoms in total. The molecule has 0 unspecified atom stereocenters. The molecule has 1 heterocycles. The molecular formula is C26H29FN4O3. The Morgan fingerprint density at radius 2 is 1.76 bits per heavy atom. The third kappa shape index (κ3) is 4.87. The smallest absolute Gasteiger partial charge is 0.408 e. The van der Waals surface area contributed by atoms with Gasteiger partial charge in [0.05, 0.1) is 5.60 Å². The molecule has 0 bridgehead atoms. The van der Waals surface area contributed by atoms with Crippen LogP contribution in [0.3, 0.4) is 0 Å². The quantitative estimate of drug-likeness (QED) is 0.512. The number of rotatable bonds is 4. The van der Waals surface area contributed by atoms with Gasteiger partial charge in [0.25, 0.3) is 0 Å². The summed E-state index contributed by atoms with van der Waals surface area (Å²) in [7, 11) is 0. The van der Waals surface area contributed by atoms with E-state index < -0.39 is 28.7 Å². The largest absolute Gasteiger partial charge is 0.438 e. The molecule has 0 atom stereocenters. The van der Waals surface area contributed by atoms with Crippen molar-refractivity contribution in [3.05, 3.63) is 66.0 Å². The topological polar surface area (TPSA) is 110 Å². The summed E-state index contributed by atoms with van der Waals surface area (Å²) in [5, 5.41) is 21.3. The minimum Gasteiger partial charge on any atom is -0.438 e. The summed E-state index contributed by atoms with van der Waals surface area (Å²) in [6.07, 6.45) is -0.488. The summed E-state index contributed by atoms with van der Waals surface area (Å²) in [4.78, 5) is 12.5. The number of ether oxygens (including phenoxy) is 1. The molecule has 1 aliphatic rings. The van der Waals surface area contributed by atoms with Crippen molar-refractivity contribution < 1.29 is 19.0 Å². The highest BCUT2D eigenvalue weighted by Gasteiger charge is 2.56. The van der Waals surface area contributed by atoms with Gasteiger partial charge in [-0.25, -0.2) is 9.18 Å². The molecule has 0 aliphatic heterocycles. The summed E-state index contributed by atoms with van der Waals surface area (Å²) in [6, 6.07) is 15.9. The Kier molecular flexibility index (Phi) is 5.81. The number of hydrogen-bond donors (Lipinski definition) is 3. The van der Waals surface area contributed by atoms with E-state index in [4.69, 9.17) is 10.5 Å². The molecule has 8 heteroatoms. The fourth-order valence-corrected chi connectivity index (χ4v) is 4.49. The number of nitrogens with two attached hydrogens (primary N) is 1. The second-order valence-corrected chi connectivity index (χ2v) is 10.2. The number of alkyl carbamates (subject to hydrolysis) is 1.